The van der Waals surface area contributed by atoms with Gasteiger partial charge in [0.1, 0.15) is 11.6 Å². The van der Waals surface area contributed by atoms with Gasteiger partial charge in [0.2, 0.25) is 0 Å². The van der Waals surface area contributed by atoms with Crippen molar-refractivity contribution in [3.63, 3.8) is 0 Å². The Kier molecular flexibility index (Phi) is 4.18. The molecule has 5 nitrogen and oxygen atoms in total. The van der Waals surface area contributed by atoms with Gasteiger partial charge in [0, 0.05) is 11.3 Å². The maximum absolute atomic E-state index is 13.0. The first kappa shape index (κ1) is 14.9. The Labute approximate surface area is 119 Å². The molecular weight excluding hydrogens is 304 g/mol. The molecule has 1 N–H and O–H groups in total. The Balaban J connectivity index is 2.08. The molecule has 2 aromatic rings. The van der Waals surface area contributed by atoms with Gasteiger partial charge in [-0.2, -0.15) is 8.42 Å². The first-order valence-electron chi connectivity index (χ1n) is 5.64. The maximum Gasteiger partial charge on any atom is 0.488 e. The van der Waals surface area contributed by atoms with Crippen molar-refractivity contribution < 1.29 is 25.7 Å². The fourth-order valence-electron chi connectivity index (χ4n) is 1.54. The summed E-state index contributed by atoms with van der Waals surface area (Å²) in [6.45, 7) is 0. The summed E-state index contributed by atoms with van der Waals surface area (Å²) >= 11 is 0. The van der Waals surface area contributed by atoms with Crippen LogP contribution in [0.25, 0.3) is 0 Å². The lowest BCUT2D eigenvalue weighted by Gasteiger charge is -2.06. The zero-order chi connectivity index (χ0) is 15.5. The van der Waals surface area contributed by atoms with Crippen LogP contribution in [0.5, 0.6) is 5.75 Å². The van der Waals surface area contributed by atoms with E-state index in [1.807, 2.05) is 0 Å². The monoisotopic (exact) mass is 313 g/mol. The van der Waals surface area contributed by atoms with Gasteiger partial charge in [0.05, 0.1) is 0 Å². The first-order valence-corrected chi connectivity index (χ1v) is 6.95. The number of hydrogen-bond acceptors (Lipinski definition) is 4. The van der Waals surface area contributed by atoms with E-state index >= 15 is 0 Å². The first-order chi connectivity index (χ1) is 9.83. The van der Waals surface area contributed by atoms with Crippen molar-refractivity contribution in [2.45, 2.75) is 0 Å². The largest absolute Gasteiger partial charge is 0.488 e. The lowest BCUT2D eigenvalue weighted by molar-refractivity contribution is 0.102. The van der Waals surface area contributed by atoms with E-state index in [-0.39, 0.29) is 11.3 Å². The summed E-state index contributed by atoms with van der Waals surface area (Å²) in [4.78, 5) is 11.8. The predicted octanol–water partition coefficient (Wildman–Crippen LogP) is 2.67. The fraction of sp³-hybridized carbons (Fsp3) is 0. The Bertz CT molecular complexity index is 760. The van der Waals surface area contributed by atoms with Gasteiger partial charge in [0.25, 0.3) is 5.91 Å². The highest BCUT2D eigenvalue weighted by atomic mass is 32.3. The molecule has 0 bridgehead atoms. The lowest BCUT2D eigenvalue weighted by Crippen LogP contribution is -2.12. The molecule has 0 aliphatic heterocycles. The smallest absolute Gasteiger partial charge is 0.358 e. The van der Waals surface area contributed by atoms with Crippen LogP contribution in [0.2, 0.25) is 0 Å². The van der Waals surface area contributed by atoms with Crippen molar-refractivity contribution in [3.8, 4) is 5.75 Å². The number of halogens is 2. The molecule has 0 spiro atoms. The van der Waals surface area contributed by atoms with Crippen molar-refractivity contribution in [2.24, 2.45) is 0 Å². The summed E-state index contributed by atoms with van der Waals surface area (Å²) in [5.41, 5.74) is 0.439. The molecule has 1 amide bonds. The van der Waals surface area contributed by atoms with E-state index in [0.717, 1.165) is 6.07 Å². The van der Waals surface area contributed by atoms with Crippen LogP contribution in [0.3, 0.4) is 0 Å². The van der Waals surface area contributed by atoms with E-state index in [2.05, 4.69) is 9.50 Å². The van der Waals surface area contributed by atoms with Crippen LogP contribution in [-0.4, -0.2) is 14.3 Å². The Morgan fingerprint density at radius 2 is 1.76 bits per heavy atom. The van der Waals surface area contributed by atoms with Crippen LogP contribution < -0.4 is 9.50 Å². The van der Waals surface area contributed by atoms with Gasteiger partial charge in [-0.05, 0) is 42.5 Å². The number of nitrogens with one attached hydrogen (secondary N) is 1. The van der Waals surface area contributed by atoms with Crippen LogP contribution in [-0.2, 0) is 10.5 Å². The molecule has 2 rings (SSSR count). The van der Waals surface area contributed by atoms with Crippen LogP contribution in [0.4, 0.5) is 14.0 Å². The third-order valence-corrected chi connectivity index (χ3v) is 2.79. The van der Waals surface area contributed by atoms with Crippen molar-refractivity contribution in [3.05, 3.63) is 59.9 Å². The predicted molar refractivity (Wildman–Crippen MR) is 71.5 cm³/mol. The standard InChI is InChI=1S/C13H9F2NO4S/c14-10-3-1-2-9(8-10)13(17)16-11-4-6-12(7-5-11)20-21(15,18)19/h1-8H,(H,16,17). The number of hydrogen-bond donors (Lipinski definition) is 1. The zero-order valence-corrected chi connectivity index (χ0v) is 11.2. The Hall–Kier alpha value is -2.48. The zero-order valence-electron chi connectivity index (χ0n) is 10.4. The fourth-order valence-corrected chi connectivity index (χ4v) is 1.88. The SMILES string of the molecule is O=C(Nc1ccc(OS(=O)(=O)F)cc1)c1cccc(F)c1. The van der Waals surface area contributed by atoms with E-state index in [0.29, 0.717) is 5.69 Å². The number of carbonyl (C=O) groups excluding carboxylic acids is 1. The van der Waals surface area contributed by atoms with Crippen molar-refractivity contribution in [2.75, 3.05) is 5.32 Å². The normalized spacial score (nSPS) is 11.0. The van der Waals surface area contributed by atoms with Gasteiger partial charge in [-0.15, -0.1) is 0 Å². The number of benzene rings is 2. The number of anilines is 1. The number of amides is 1. The second-order valence-electron chi connectivity index (χ2n) is 3.97. The molecule has 0 unspecified atom stereocenters. The van der Waals surface area contributed by atoms with E-state index < -0.39 is 22.2 Å². The molecular formula is C13H9F2NO4S. The van der Waals surface area contributed by atoms with E-state index in [1.54, 1.807) is 0 Å². The highest BCUT2D eigenvalue weighted by Gasteiger charge is 2.10. The summed E-state index contributed by atoms with van der Waals surface area (Å²) in [6, 6.07) is 10.1. The molecule has 0 radical (unpaired) electrons. The van der Waals surface area contributed by atoms with Crippen molar-refractivity contribution >= 4 is 22.1 Å². The minimum absolute atomic E-state index is 0.127. The average molecular weight is 313 g/mol. The summed E-state index contributed by atoms with van der Waals surface area (Å²) in [6.07, 6.45) is 0. The summed E-state index contributed by atoms with van der Waals surface area (Å²) in [5.74, 6) is -1.32. The molecule has 8 heteroatoms. The topological polar surface area (TPSA) is 72.5 Å². The Morgan fingerprint density at radius 1 is 1.10 bits per heavy atom. The third kappa shape index (κ3) is 4.53. The molecule has 0 aliphatic rings. The number of carbonyl (C=O) groups is 1. The van der Waals surface area contributed by atoms with Crippen LogP contribution >= 0.6 is 0 Å². The summed E-state index contributed by atoms with van der Waals surface area (Å²) in [7, 11) is -5.09. The molecule has 0 aromatic heterocycles. The molecule has 0 aliphatic carbocycles. The van der Waals surface area contributed by atoms with Gasteiger partial charge < -0.3 is 9.50 Å². The average Bonchev–Trinajstić information content (AvgIpc) is 2.39. The van der Waals surface area contributed by atoms with Gasteiger partial charge in [-0.25, -0.2) is 4.39 Å². The molecule has 0 fully saturated rings. The van der Waals surface area contributed by atoms with Gasteiger partial charge >= 0.3 is 10.5 Å². The minimum Gasteiger partial charge on any atom is -0.358 e. The van der Waals surface area contributed by atoms with E-state index in [1.165, 1.54) is 42.5 Å². The quantitative estimate of drug-likeness (QED) is 0.881. The van der Waals surface area contributed by atoms with Gasteiger partial charge in [-0.1, -0.05) is 9.95 Å². The maximum atomic E-state index is 13.0. The number of rotatable bonds is 4. The molecule has 0 saturated carbocycles. The summed E-state index contributed by atoms with van der Waals surface area (Å²) in [5, 5.41) is 2.47. The third-order valence-electron chi connectivity index (χ3n) is 2.39. The van der Waals surface area contributed by atoms with Crippen LogP contribution in [0.1, 0.15) is 10.4 Å². The van der Waals surface area contributed by atoms with E-state index in [4.69, 9.17) is 0 Å². The molecule has 21 heavy (non-hydrogen) atoms. The lowest BCUT2D eigenvalue weighted by atomic mass is 10.2. The molecule has 2 aromatic carbocycles. The molecule has 110 valence electrons. The minimum atomic E-state index is -5.09. The van der Waals surface area contributed by atoms with Gasteiger partial charge in [-0.3, -0.25) is 4.79 Å². The molecule has 0 atom stereocenters. The molecule has 0 heterocycles. The van der Waals surface area contributed by atoms with E-state index in [9.17, 15) is 21.5 Å². The second-order valence-corrected chi connectivity index (χ2v) is 4.92. The highest BCUT2D eigenvalue weighted by Crippen LogP contribution is 2.18. The second kappa shape index (κ2) is 5.88. The highest BCUT2D eigenvalue weighted by molar-refractivity contribution is 7.81. The Morgan fingerprint density at radius 3 is 2.33 bits per heavy atom. The van der Waals surface area contributed by atoms with Crippen molar-refractivity contribution in [1.82, 2.24) is 0 Å². The van der Waals surface area contributed by atoms with Crippen LogP contribution in [0.15, 0.2) is 48.5 Å². The van der Waals surface area contributed by atoms with Crippen molar-refractivity contribution in [1.29, 1.82) is 0 Å². The van der Waals surface area contributed by atoms with Crippen LogP contribution in [0, 0.1) is 5.82 Å². The molecule has 0 saturated heterocycles. The van der Waals surface area contributed by atoms with Gasteiger partial charge in [0.15, 0.2) is 0 Å². The summed E-state index contributed by atoms with van der Waals surface area (Å²) < 4.78 is 49.9.